The van der Waals surface area contributed by atoms with Crippen LogP contribution in [0.1, 0.15) is 0 Å². The lowest BCUT2D eigenvalue weighted by molar-refractivity contribution is -0.358. The molecule has 0 spiro atoms. The Kier molecular flexibility index (Phi) is 7.88. The van der Waals surface area contributed by atoms with Gasteiger partial charge in [0.05, 0.1) is 19.8 Å². The molecule has 6 unspecified atom stereocenters. The van der Waals surface area contributed by atoms with E-state index in [4.69, 9.17) is 18.9 Å². The van der Waals surface area contributed by atoms with Gasteiger partial charge in [-0.25, -0.2) is 0 Å². The number of aliphatic hydroxyl groups excluding tert-OH is 7. The summed E-state index contributed by atoms with van der Waals surface area (Å²) in [7, 11) is 0. The van der Waals surface area contributed by atoms with Gasteiger partial charge in [-0.15, -0.1) is 6.58 Å². The van der Waals surface area contributed by atoms with Crippen molar-refractivity contribution < 1.29 is 54.7 Å². The van der Waals surface area contributed by atoms with E-state index in [1.165, 1.54) is 6.08 Å². The number of hydrogen-bond acceptors (Lipinski definition) is 11. The fourth-order valence-electron chi connectivity index (χ4n) is 2.86. The highest BCUT2D eigenvalue weighted by molar-refractivity contribution is 4.94. The van der Waals surface area contributed by atoms with E-state index in [1.807, 2.05) is 0 Å². The molecule has 2 aliphatic heterocycles. The minimum atomic E-state index is -1.70. The first-order chi connectivity index (χ1) is 12.3. The predicted octanol–water partition coefficient (Wildman–Crippen LogP) is -4.19. The molecule has 2 aliphatic rings. The Morgan fingerprint density at radius 1 is 0.769 bits per heavy atom. The molecular weight excluding hydrogens is 356 g/mol. The van der Waals surface area contributed by atoms with Gasteiger partial charge in [-0.3, -0.25) is 0 Å². The molecule has 0 aliphatic carbocycles. The van der Waals surface area contributed by atoms with Gasteiger partial charge in [-0.1, -0.05) is 6.08 Å². The van der Waals surface area contributed by atoms with Crippen molar-refractivity contribution in [1.82, 2.24) is 0 Å². The van der Waals surface area contributed by atoms with Crippen molar-refractivity contribution in [2.24, 2.45) is 0 Å². The number of aliphatic hydroxyl groups is 7. The molecule has 11 heteroatoms. The molecule has 0 amide bonds. The van der Waals surface area contributed by atoms with Crippen molar-refractivity contribution >= 4 is 0 Å². The second kappa shape index (κ2) is 9.48. The lowest BCUT2D eigenvalue weighted by Gasteiger charge is -2.45. The van der Waals surface area contributed by atoms with Crippen molar-refractivity contribution in [3.63, 3.8) is 0 Å². The average Bonchev–Trinajstić information content (AvgIpc) is 2.64. The second-order valence-electron chi connectivity index (χ2n) is 6.13. The van der Waals surface area contributed by atoms with E-state index in [0.29, 0.717) is 0 Å². The normalized spacial score (nSPS) is 46.9. The quantitative estimate of drug-likeness (QED) is 0.212. The third-order valence-corrected chi connectivity index (χ3v) is 4.34. The SMILES string of the molecule is C=CCO[C@@H]1OC(CO)[C@@H](O[C@H]2OC(CO)[C@@H](O)C(O)C2O)C(O)C1O. The molecule has 2 saturated heterocycles. The lowest BCUT2D eigenvalue weighted by atomic mass is 9.97. The molecule has 26 heavy (non-hydrogen) atoms. The fraction of sp³-hybridized carbons (Fsp3) is 0.867. The first-order valence-corrected chi connectivity index (χ1v) is 8.16. The minimum Gasteiger partial charge on any atom is -0.394 e. The van der Waals surface area contributed by atoms with Crippen LogP contribution in [0.15, 0.2) is 12.7 Å². The maximum Gasteiger partial charge on any atom is 0.187 e. The Labute approximate surface area is 149 Å². The summed E-state index contributed by atoms with van der Waals surface area (Å²) in [6.07, 6.45) is -13.1. The smallest absolute Gasteiger partial charge is 0.187 e. The van der Waals surface area contributed by atoms with Crippen LogP contribution in [0.25, 0.3) is 0 Å². The van der Waals surface area contributed by atoms with Crippen molar-refractivity contribution in [2.45, 2.75) is 61.4 Å². The van der Waals surface area contributed by atoms with Gasteiger partial charge >= 0.3 is 0 Å². The number of hydrogen-bond donors (Lipinski definition) is 7. The predicted molar refractivity (Wildman–Crippen MR) is 82.5 cm³/mol. The minimum absolute atomic E-state index is 0.0326. The van der Waals surface area contributed by atoms with Gasteiger partial charge in [-0.2, -0.15) is 0 Å². The summed E-state index contributed by atoms with van der Waals surface area (Å²) in [5.74, 6) is 0. The first-order valence-electron chi connectivity index (χ1n) is 8.16. The zero-order chi connectivity index (χ0) is 19.4. The number of rotatable bonds is 7. The van der Waals surface area contributed by atoms with E-state index in [9.17, 15) is 35.7 Å². The van der Waals surface area contributed by atoms with Gasteiger partial charge in [0, 0.05) is 0 Å². The Morgan fingerprint density at radius 3 is 1.92 bits per heavy atom. The third-order valence-electron chi connectivity index (χ3n) is 4.34. The topological polar surface area (TPSA) is 179 Å². The molecule has 0 aromatic carbocycles. The van der Waals surface area contributed by atoms with E-state index >= 15 is 0 Å². The van der Waals surface area contributed by atoms with Gasteiger partial charge in [-0.05, 0) is 0 Å². The van der Waals surface area contributed by atoms with Gasteiger partial charge in [0.1, 0.15) is 48.8 Å². The van der Waals surface area contributed by atoms with Gasteiger partial charge in [0.15, 0.2) is 12.6 Å². The third kappa shape index (κ3) is 4.40. The van der Waals surface area contributed by atoms with Crippen LogP contribution in [0.4, 0.5) is 0 Å². The molecule has 2 heterocycles. The van der Waals surface area contributed by atoms with Gasteiger partial charge < -0.3 is 54.7 Å². The van der Waals surface area contributed by atoms with E-state index in [-0.39, 0.29) is 6.61 Å². The molecule has 152 valence electrons. The summed E-state index contributed by atoms with van der Waals surface area (Å²) in [6, 6.07) is 0. The highest BCUT2D eigenvalue weighted by Crippen LogP contribution is 2.29. The van der Waals surface area contributed by atoms with Crippen LogP contribution < -0.4 is 0 Å². The largest absolute Gasteiger partial charge is 0.394 e. The van der Waals surface area contributed by atoms with Gasteiger partial charge in [0.2, 0.25) is 0 Å². The molecule has 0 aromatic heterocycles. The van der Waals surface area contributed by atoms with E-state index in [1.54, 1.807) is 0 Å². The average molecular weight is 382 g/mol. The molecule has 2 fully saturated rings. The van der Waals surface area contributed by atoms with Crippen molar-refractivity contribution in [2.75, 3.05) is 19.8 Å². The molecule has 11 nitrogen and oxygen atoms in total. The van der Waals surface area contributed by atoms with Crippen LogP contribution >= 0.6 is 0 Å². The fourth-order valence-corrected chi connectivity index (χ4v) is 2.86. The van der Waals surface area contributed by atoms with Crippen LogP contribution in [-0.2, 0) is 18.9 Å². The maximum atomic E-state index is 10.3. The molecule has 0 radical (unpaired) electrons. The first kappa shape index (κ1) is 21.6. The summed E-state index contributed by atoms with van der Waals surface area (Å²) < 4.78 is 21.1. The molecular formula is C15H26O11. The van der Waals surface area contributed by atoms with Crippen molar-refractivity contribution in [1.29, 1.82) is 0 Å². The molecule has 0 saturated carbocycles. The second-order valence-corrected chi connectivity index (χ2v) is 6.13. The summed E-state index contributed by atoms with van der Waals surface area (Å²) in [6.45, 7) is 2.22. The Morgan fingerprint density at radius 2 is 1.35 bits per heavy atom. The highest BCUT2D eigenvalue weighted by atomic mass is 16.7. The number of ether oxygens (including phenoxy) is 4. The summed E-state index contributed by atoms with van der Waals surface area (Å²) in [5, 5.41) is 68.6. The highest BCUT2D eigenvalue weighted by Gasteiger charge is 2.50. The standard InChI is InChI=1S/C15H26O11/c1-2-3-23-14-12(22)10(20)13(7(5-17)25-14)26-15-11(21)9(19)8(18)6(4-16)24-15/h2,6-22H,1,3-5H2/t6?,7?,8-,9?,10?,11?,12?,13-,14-,15-/m1/s1. The van der Waals surface area contributed by atoms with E-state index in [0.717, 1.165) is 0 Å². The van der Waals surface area contributed by atoms with Gasteiger partial charge in [0.25, 0.3) is 0 Å². The Bertz CT molecular complexity index is 445. The van der Waals surface area contributed by atoms with Crippen LogP contribution in [0.5, 0.6) is 0 Å². The molecule has 2 rings (SSSR count). The monoisotopic (exact) mass is 382 g/mol. The zero-order valence-electron chi connectivity index (χ0n) is 13.9. The summed E-state index contributed by atoms with van der Waals surface area (Å²) in [5.41, 5.74) is 0. The molecule has 10 atom stereocenters. The zero-order valence-corrected chi connectivity index (χ0v) is 13.9. The summed E-state index contributed by atoms with van der Waals surface area (Å²) in [4.78, 5) is 0. The Hall–Kier alpha value is -0.700. The Balaban J connectivity index is 2.10. The van der Waals surface area contributed by atoms with Crippen molar-refractivity contribution in [3.8, 4) is 0 Å². The van der Waals surface area contributed by atoms with E-state index in [2.05, 4.69) is 6.58 Å². The molecule has 0 aromatic rings. The maximum absolute atomic E-state index is 10.3. The van der Waals surface area contributed by atoms with Crippen molar-refractivity contribution in [3.05, 3.63) is 12.7 Å². The van der Waals surface area contributed by atoms with Crippen LogP contribution in [0.2, 0.25) is 0 Å². The molecule has 7 N–H and O–H groups in total. The van der Waals surface area contributed by atoms with Crippen LogP contribution in [0, 0.1) is 0 Å². The summed E-state index contributed by atoms with van der Waals surface area (Å²) >= 11 is 0. The lowest BCUT2D eigenvalue weighted by Crippen LogP contribution is -2.64. The van der Waals surface area contributed by atoms with Crippen LogP contribution in [0.3, 0.4) is 0 Å². The van der Waals surface area contributed by atoms with Crippen LogP contribution in [-0.4, -0.2) is 117 Å². The molecule has 0 bridgehead atoms. The van der Waals surface area contributed by atoms with E-state index < -0.39 is 74.6 Å².